The number of benzene rings is 1. The number of amides is 1. The second-order valence-electron chi connectivity index (χ2n) is 3.89. The number of ether oxygens (including phenoxy) is 1. The summed E-state index contributed by atoms with van der Waals surface area (Å²) in [6.45, 7) is 0. The number of nitrogens with one attached hydrogen (secondary N) is 1. The third-order valence-corrected chi connectivity index (χ3v) is 2.78. The van der Waals surface area contributed by atoms with E-state index in [9.17, 15) is 4.79 Å². The number of hydrogen-bond acceptors (Lipinski definition) is 5. The standard InChI is InChI=1S/C12H8ClN5O2/c13-12-16-10-7(5-15-18-10)11(17-12)20-8-4-2-1-3-6(8)9(14)19/h1-5H,(H2,14,19)(H,15,16,17,18). The molecule has 0 fully saturated rings. The zero-order valence-corrected chi connectivity index (χ0v) is 10.8. The summed E-state index contributed by atoms with van der Waals surface area (Å²) in [7, 11) is 0. The van der Waals surface area contributed by atoms with Crippen molar-refractivity contribution in [3.05, 3.63) is 41.3 Å². The fraction of sp³-hybridized carbons (Fsp3) is 0. The molecule has 0 aliphatic carbocycles. The molecule has 1 aromatic carbocycles. The van der Waals surface area contributed by atoms with Gasteiger partial charge >= 0.3 is 0 Å². The van der Waals surface area contributed by atoms with Gasteiger partial charge in [0, 0.05) is 0 Å². The number of primary amides is 1. The lowest BCUT2D eigenvalue weighted by atomic mass is 10.2. The molecule has 3 rings (SSSR count). The summed E-state index contributed by atoms with van der Waals surface area (Å²) in [6.07, 6.45) is 1.51. The van der Waals surface area contributed by atoms with Gasteiger partial charge in [0.05, 0.1) is 11.8 Å². The minimum Gasteiger partial charge on any atom is -0.437 e. The monoisotopic (exact) mass is 289 g/mol. The number of nitrogens with zero attached hydrogens (tertiary/aromatic N) is 3. The third-order valence-electron chi connectivity index (χ3n) is 2.61. The van der Waals surface area contributed by atoms with E-state index in [2.05, 4.69) is 20.2 Å². The minimum atomic E-state index is -0.593. The molecule has 0 aliphatic rings. The summed E-state index contributed by atoms with van der Waals surface area (Å²) in [4.78, 5) is 19.3. The Balaban J connectivity index is 2.10. The first-order valence-corrected chi connectivity index (χ1v) is 5.96. The molecule has 3 aromatic rings. The normalized spacial score (nSPS) is 10.7. The highest BCUT2D eigenvalue weighted by atomic mass is 35.5. The van der Waals surface area contributed by atoms with Crippen LogP contribution in [0.2, 0.25) is 5.28 Å². The number of rotatable bonds is 3. The Morgan fingerprint density at radius 2 is 2.10 bits per heavy atom. The Kier molecular flexibility index (Phi) is 2.96. The van der Waals surface area contributed by atoms with Crippen molar-refractivity contribution < 1.29 is 9.53 Å². The molecule has 3 N–H and O–H groups in total. The average molecular weight is 290 g/mol. The van der Waals surface area contributed by atoms with E-state index in [0.717, 1.165) is 0 Å². The molecular weight excluding hydrogens is 282 g/mol. The largest absolute Gasteiger partial charge is 0.437 e. The van der Waals surface area contributed by atoms with Crippen molar-refractivity contribution >= 4 is 28.5 Å². The molecule has 0 atom stereocenters. The fourth-order valence-corrected chi connectivity index (χ4v) is 1.88. The number of aromatic amines is 1. The van der Waals surface area contributed by atoms with Gasteiger partial charge in [-0.25, -0.2) is 0 Å². The van der Waals surface area contributed by atoms with Gasteiger partial charge in [0.15, 0.2) is 5.65 Å². The Labute approximate surface area is 117 Å². The van der Waals surface area contributed by atoms with Gasteiger partial charge in [-0.05, 0) is 23.7 Å². The molecule has 7 nitrogen and oxygen atoms in total. The van der Waals surface area contributed by atoms with Gasteiger partial charge in [0.2, 0.25) is 11.2 Å². The number of aromatic nitrogens is 4. The van der Waals surface area contributed by atoms with Gasteiger partial charge < -0.3 is 10.5 Å². The second kappa shape index (κ2) is 4.78. The van der Waals surface area contributed by atoms with Crippen LogP contribution in [-0.2, 0) is 0 Å². The Morgan fingerprint density at radius 1 is 1.30 bits per heavy atom. The highest BCUT2D eigenvalue weighted by molar-refractivity contribution is 6.28. The quantitative estimate of drug-likeness (QED) is 0.716. The van der Waals surface area contributed by atoms with Crippen LogP contribution in [-0.4, -0.2) is 26.1 Å². The molecular formula is C12H8ClN5O2. The first kappa shape index (κ1) is 12.4. The Hall–Kier alpha value is -2.67. The number of hydrogen-bond donors (Lipinski definition) is 2. The molecule has 0 spiro atoms. The predicted octanol–water partition coefficient (Wildman–Crippen LogP) is 1.90. The second-order valence-corrected chi connectivity index (χ2v) is 4.23. The van der Waals surface area contributed by atoms with Crippen LogP contribution in [0.25, 0.3) is 11.0 Å². The molecule has 2 aromatic heterocycles. The van der Waals surface area contributed by atoms with Crippen LogP contribution in [0.15, 0.2) is 30.5 Å². The third kappa shape index (κ3) is 2.14. The van der Waals surface area contributed by atoms with Crippen LogP contribution < -0.4 is 10.5 Å². The van der Waals surface area contributed by atoms with Crippen LogP contribution >= 0.6 is 11.6 Å². The number of carbonyl (C=O) groups is 1. The smallest absolute Gasteiger partial charge is 0.252 e. The number of nitrogens with two attached hydrogens (primary N) is 1. The minimum absolute atomic E-state index is 0.00769. The van der Waals surface area contributed by atoms with Crippen molar-refractivity contribution in [2.24, 2.45) is 5.73 Å². The van der Waals surface area contributed by atoms with E-state index < -0.39 is 5.91 Å². The van der Waals surface area contributed by atoms with Crippen LogP contribution in [0.5, 0.6) is 11.6 Å². The van der Waals surface area contributed by atoms with Crippen molar-refractivity contribution in [3.63, 3.8) is 0 Å². The van der Waals surface area contributed by atoms with E-state index in [0.29, 0.717) is 11.0 Å². The van der Waals surface area contributed by atoms with Crippen LogP contribution in [0.3, 0.4) is 0 Å². The highest BCUT2D eigenvalue weighted by Crippen LogP contribution is 2.29. The van der Waals surface area contributed by atoms with E-state index in [1.807, 2.05) is 0 Å². The Bertz CT molecular complexity index is 801. The molecule has 1 amide bonds. The molecule has 20 heavy (non-hydrogen) atoms. The maximum absolute atomic E-state index is 11.4. The SMILES string of the molecule is NC(=O)c1ccccc1Oc1nc(Cl)nc2[nH]ncc12. The summed E-state index contributed by atoms with van der Waals surface area (Å²) in [6, 6.07) is 6.58. The lowest BCUT2D eigenvalue weighted by Crippen LogP contribution is -2.12. The summed E-state index contributed by atoms with van der Waals surface area (Å²) in [5, 5.41) is 7.07. The van der Waals surface area contributed by atoms with Crippen molar-refractivity contribution in [1.82, 2.24) is 20.2 Å². The first-order chi connectivity index (χ1) is 9.65. The summed E-state index contributed by atoms with van der Waals surface area (Å²) in [5.74, 6) is -0.107. The molecule has 8 heteroatoms. The zero-order chi connectivity index (χ0) is 14.1. The highest BCUT2D eigenvalue weighted by Gasteiger charge is 2.14. The molecule has 0 saturated heterocycles. The number of para-hydroxylation sites is 1. The lowest BCUT2D eigenvalue weighted by Gasteiger charge is -2.08. The van der Waals surface area contributed by atoms with Crippen molar-refractivity contribution in [2.75, 3.05) is 0 Å². The molecule has 0 aliphatic heterocycles. The van der Waals surface area contributed by atoms with E-state index in [1.165, 1.54) is 6.20 Å². The van der Waals surface area contributed by atoms with Crippen LogP contribution in [0, 0.1) is 0 Å². The van der Waals surface area contributed by atoms with Gasteiger partial charge in [-0.2, -0.15) is 15.1 Å². The van der Waals surface area contributed by atoms with E-state index in [1.54, 1.807) is 24.3 Å². The molecule has 100 valence electrons. The molecule has 2 heterocycles. The van der Waals surface area contributed by atoms with Crippen molar-refractivity contribution in [3.8, 4) is 11.6 Å². The number of H-pyrrole nitrogens is 1. The number of fused-ring (bicyclic) bond motifs is 1. The van der Waals surface area contributed by atoms with Gasteiger partial charge in [0.25, 0.3) is 5.91 Å². The fourth-order valence-electron chi connectivity index (χ4n) is 1.72. The first-order valence-electron chi connectivity index (χ1n) is 5.58. The van der Waals surface area contributed by atoms with Crippen molar-refractivity contribution in [2.45, 2.75) is 0 Å². The number of carbonyl (C=O) groups excluding carboxylic acids is 1. The van der Waals surface area contributed by atoms with Gasteiger partial charge in [-0.15, -0.1) is 0 Å². The zero-order valence-electron chi connectivity index (χ0n) is 10.0. The van der Waals surface area contributed by atoms with Crippen molar-refractivity contribution in [1.29, 1.82) is 0 Å². The van der Waals surface area contributed by atoms with E-state index in [4.69, 9.17) is 22.1 Å². The molecule has 0 unspecified atom stereocenters. The lowest BCUT2D eigenvalue weighted by molar-refractivity contribution is 0.0998. The summed E-state index contributed by atoms with van der Waals surface area (Å²) < 4.78 is 5.63. The van der Waals surface area contributed by atoms with E-state index in [-0.39, 0.29) is 22.5 Å². The Morgan fingerprint density at radius 3 is 2.90 bits per heavy atom. The van der Waals surface area contributed by atoms with Gasteiger partial charge in [-0.3, -0.25) is 9.89 Å². The number of halogens is 1. The maximum atomic E-state index is 11.4. The topological polar surface area (TPSA) is 107 Å². The maximum Gasteiger partial charge on any atom is 0.252 e. The van der Waals surface area contributed by atoms with Crippen LogP contribution in [0.4, 0.5) is 0 Å². The average Bonchev–Trinajstić information content (AvgIpc) is 2.87. The van der Waals surface area contributed by atoms with Gasteiger partial charge in [-0.1, -0.05) is 12.1 Å². The summed E-state index contributed by atoms with van der Waals surface area (Å²) >= 11 is 5.81. The van der Waals surface area contributed by atoms with E-state index >= 15 is 0 Å². The molecule has 0 saturated carbocycles. The van der Waals surface area contributed by atoms with Gasteiger partial charge in [0.1, 0.15) is 11.1 Å². The summed E-state index contributed by atoms with van der Waals surface area (Å²) in [5.41, 5.74) is 5.98. The predicted molar refractivity (Wildman–Crippen MR) is 71.7 cm³/mol. The molecule has 0 bridgehead atoms. The molecule has 0 radical (unpaired) electrons. The van der Waals surface area contributed by atoms with Crippen LogP contribution in [0.1, 0.15) is 10.4 Å².